The van der Waals surface area contributed by atoms with Crippen molar-refractivity contribution < 1.29 is 31.3 Å². The maximum absolute atomic E-state index is 10.9. The Balaban J connectivity index is 0.00000368. The van der Waals surface area contributed by atoms with Crippen molar-refractivity contribution in [2.75, 3.05) is 32.7 Å². The Morgan fingerprint density at radius 2 is 0.860 bits per heavy atom. The third kappa shape index (κ3) is 5.82. The second-order valence-electron chi connectivity index (χ2n) is 13.2. The molecule has 0 saturated heterocycles. The van der Waals surface area contributed by atoms with Gasteiger partial charge in [-0.05, 0) is 70.5 Å². The number of rotatable bonds is 5. The van der Waals surface area contributed by atoms with Crippen LogP contribution in [0.5, 0.6) is 11.5 Å². The molecule has 0 saturated carbocycles. The topological polar surface area (TPSA) is 53.4 Å². The monoisotopic (exact) mass is 755 g/mol. The van der Waals surface area contributed by atoms with E-state index in [4.69, 9.17) is 0 Å². The minimum Gasteiger partial charge on any atom is -0.506 e. The molecule has 0 amide bonds. The van der Waals surface area contributed by atoms with Gasteiger partial charge in [0, 0.05) is 35.8 Å². The van der Waals surface area contributed by atoms with E-state index >= 15 is 0 Å². The normalized spacial score (nSPS) is 14.6. The standard InChI is InChI=1S/C36H40N4O2.Pt/c1-35(2,3)25-15-17-33(41)31(21-25)39-23-37(27-11-7-9-13-29(27)39)19-20-38-24-40(30-14-10-8-12-28(30)38)32-22-26(36(4,5)6)16-18-34(32)42;/h7-18,21-24,41-42H,19-20H2,1-6H3;/q-2;+2. The number of benzene rings is 4. The smallest absolute Gasteiger partial charge is 0.506 e. The molecule has 2 N–H and O–H groups in total. The Bertz CT molecular complexity index is 1500. The molecule has 0 radical (unpaired) electrons. The van der Waals surface area contributed by atoms with Gasteiger partial charge in [0.05, 0.1) is 11.4 Å². The van der Waals surface area contributed by atoms with Crippen molar-refractivity contribution in [1.29, 1.82) is 0 Å². The molecule has 6 rings (SSSR count). The number of hydrogen-bond donors (Lipinski definition) is 2. The van der Waals surface area contributed by atoms with E-state index in [1.165, 1.54) is 11.1 Å². The van der Waals surface area contributed by atoms with Crippen LogP contribution in [-0.2, 0) is 31.9 Å². The summed E-state index contributed by atoms with van der Waals surface area (Å²) in [4.78, 5) is 8.67. The van der Waals surface area contributed by atoms with Crippen LogP contribution < -0.4 is 19.6 Å². The van der Waals surface area contributed by atoms with Gasteiger partial charge in [0.15, 0.2) is 0 Å². The average molecular weight is 756 g/mol. The fraction of sp³-hybridized carbons (Fsp3) is 0.278. The number of fused-ring (bicyclic) bond motifs is 2. The zero-order valence-electron chi connectivity index (χ0n) is 25.7. The summed E-state index contributed by atoms with van der Waals surface area (Å²) in [5.74, 6) is 0.510. The molecular weight excluding hydrogens is 716 g/mol. The fourth-order valence-electron chi connectivity index (χ4n) is 5.67. The molecule has 6 nitrogen and oxygen atoms in total. The summed E-state index contributed by atoms with van der Waals surface area (Å²) in [7, 11) is 0. The first kappa shape index (κ1) is 30.8. The third-order valence-electron chi connectivity index (χ3n) is 8.19. The van der Waals surface area contributed by atoms with E-state index in [0.29, 0.717) is 0 Å². The van der Waals surface area contributed by atoms with E-state index in [1.54, 1.807) is 12.1 Å². The molecule has 43 heavy (non-hydrogen) atoms. The Morgan fingerprint density at radius 3 is 1.21 bits per heavy atom. The maximum atomic E-state index is 10.9. The Hall–Kier alpha value is -3.63. The van der Waals surface area contributed by atoms with Crippen LogP contribution in [-0.4, -0.2) is 23.3 Å². The maximum Gasteiger partial charge on any atom is 2.00 e. The number of para-hydroxylation sites is 4. The first-order chi connectivity index (χ1) is 19.9. The molecule has 226 valence electrons. The summed E-state index contributed by atoms with van der Waals surface area (Å²) in [5.41, 5.74) is 8.08. The minimum atomic E-state index is -0.0347. The molecule has 0 atom stereocenters. The molecule has 0 fully saturated rings. The molecule has 0 spiro atoms. The van der Waals surface area contributed by atoms with Crippen LogP contribution in [0.2, 0.25) is 0 Å². The first-order valence-electron chi connectivity index (χ1n) is 14.6. The van der Waals surface area contributed by atoms with Gasteiger partial charge in [-0.25, -0.2) is 0 Å². The van der Waals surface area contributed by atoms with E-state index in [0.717, 1.165) is 47.2 Å². The van der Waals surface area contributed by atoms with Gasteiger partial charge in [0.1, 0.15) is 11.5 Å². The van der Waals surface area contributed by atoms with Crippen molar-refractivity contribution in [3.63, 3.8) is 0 Å². The number of anilines is 6. The first-order valence-corrected chi connectivity index (χ1v) is 14.6. The minimum absolute atomic E-state index is 0. The summed E-state index contributed by atoms with van der Waals surface area (Å²) in [6.45, 7) is 18.7. The van der Waals surface area contributed by atoms with Crippen molar-refractivity contribution in [1.82, 2.24) is 0 Å². The predicted molar refractivity (Wildman–Crippen MR) is 174 cm³/mol. The SMILES string of the molecule is CC(C)(C)c1ccc(O)c(N2[CH-]N(CCN3[CH-]N(c4cc(C(C)(C)C)ccc4O)c4ccccc43)c3ccccc32)c1.[Pt+2]. The quantitative estimate of drug-likeness (QED) is 0.199. The third-order valence-corrected chi connectivity index (χ3v) is 8.19. The average Bonchev–Trinajstić information content (AvgIpc) is 3.50. The Morgan fingerprint density at radius 1 is 0.512 bits per heavy atom. The number of nitrogens with zero attached hydrogens (tertiary/aromatic N) is 4. The van der Waals surface area contributed by atoms with E-state index in [1.807, 2.05) is 24.3 Å². The molecule has 2 aliphatic rings. The Kier molecular flexibility index (Phi) is 8.21. The van der Waals surface area contributed by atoms with Crippen LogP contribution in [0, 0.1) is 13.3 Å². The van der Waals surface area contributed by atoms with E-state index < -0.39 is 0 Å². The summed E-state index contributed by atoms with van der Waals surface area (Å²) >= 11 is 0. The van der Waals surface area contributed by atoms with Crippen LogP contribution in [0.25, 0.3) is 0 Å². The van der Waals surface area contributed by atoms with Gasteiger partial charge in [-0.1, -0.05) is 77.9 Å². The van der Waals surface area contributed by atoms with Crippen molar-refractivity contribution in [3.05, 3.63) is 109 Å². The molecule has 2 aliphatic heterocycles. The number of phenols is 2. The van der Waals surface area contributed by atoms with Gasteiger partial charge in [-0.15, -0.1) is 13.3 Å². The van der Waals surface area contributed by atoms with E-state index in [2.05, 4.69) is 123 Å². The van der Waals surface area contributed by atoms with Gasteiger partial charge in [-0.3, -0.25) is 0 Å². The van der Waals surface area contributed by atoms with Crippen molar-refractivity contribution in [2.45, 2.75) is 52.4 Å². The summed E-state index contributed by atoms with van der Waals surface area (Å²) in [6, 6.07) is 28.4. The predicted octanol–water partition coefficient (Wildman–Crippen LogP) is 8.55. The van der Waals surface area contributed by atoms with Crippen LogP contribution >= 0.6 is 0 Å². The van der Waals surface area contributed by atoms with Crippen molar-refractivity contribution >= 4 is 34.1 Å². The number of aromatic hydroxyl groups is 2. The fourth-order valence-corrected chi connectivity index (χ4v) is 5.67. The van der Waals surface area contributed by atoms with Gasteiger partial charge in [0.25, 0.3) is 0 Å². The van der Waals surface area contributed by atoms with Crippen LogP contribution in [0.1, 0.15) is 52.7 Å². The van der Waals surface area contributed by atoms with E-state index in [-0.39, 0.29) is 43.4 Å². The summed E-state index contributed by atoms with van der Waals surface area (Å²) in [6.07, 6.45) is 0. The van der Waals surface area contributed by atoms with Gasteiger partial charge in [-0.2, -0.15) is 0 Å². The molecule has 0 aromatic heterocycles. The molecular formula is C36H40N4O2Pt. The van der Waals surface area contributed by atoms with Crippen LogP contribution in [0.15, 0.2) is 84.9 Å². The zero-order valence-corrected chi connectivity index (χ0v) is 27.9. The largest absolute Gasteiger partial charge is 2.00 e. The molecule has 0 aliphatic carbocycles. The van der Waals surface area contributed by atoms with Gasteiger partial charge < -0.3 is 29.8 Å². The molecule has 4 aromatic rings. The van der Waals surface area contributed by atoms with Gasteiger partial charge in [0.2, 0.25) is 0 Å². The molecule has 0 unspecified atom stereocenters. The number of hydrogen-bond acceptors (Lipinski definition) is 6. The second-order valence-corrected chi connectivity index (χ2v) is 13.2. The van der Waals surface area contributed by atoms with Gasteiger partial charge >= 0.3 is 21.1 Å². The zero-order chi connectivity index (χ0) is 29.8. The van der Waals surface area contributed by atoms with Crippen molar-refractivity contribution in [2.24, 2.45) is 0 Å². The summed E-state index contributed by atoms with van der Waals surface area (Å²) in [5, 5.41) is 21.8. The molecule has 2 heterocycles. The summed E-state index contributed by atoms with van der Waals surface area (Å²) < 4.78 is 0. The van der Waals surface area contributed by atoms with Crippen LogP contribution in [0.3, 0.4) is 0 Å². The van der Waals surface area contributed by atoms with Crippen LogP contribution in [0.4, 0.5) is 34.1 Å². The van der Waals surface area contributed by atoms with E-state index in [9.17, 15) is 10.2 Å². The molecule has 0 bridgehead atoms. The van der Waals surface area contributed by atoms with Crippen molar-refractivity contribution in [3.8, 4) is 11.5 Å². The Labute approximate surface area is 270 Å². The second kappa shape index (κ2) is 11.5. The molecule has 7 heteroatoms. The number of phenolic OH excluding ortho intramolecular Hbond substituents is 2. The molecule has 4 aromatic carbocycles.